The first-order valence-corrected chi connectivity index (χ1v) is 13.2. The number of carbonyl (C=O) groups excluding carboxylic acids is 1. The second-order valence-electron chi connectivity index (χ2n) is 9.43. The smallest absolute Gasteiger partial charge is 0.416 e. The third-order valence-corrected chi connectivity index (χ3v) is 6.29. The van der Waals surface area contributed by atoms with Gasteiger partial charge in [-0.2, -0.15) is 13.2 Å². The van der Waals surface area contributed by atoms with Crippen molar-refractivity contribution in [2.45, 2.75) is 83.9 Å². The molecule has 2 aromatic rings. The first-order chi connectivity index (χ1) is 17.7. The quantitative estimate of drug-likeness (QED) is 0.213. The number of anilines is 1. The van der Waals surface area contributed by atoms with Gasteiger partial charge in [-0.15, -0.1) is 0 Å². The van der Waals surface area contributed by atoms with Gasteiger partial charge >= 0.3 is 12.1 Å². The van der Waals surface area contributed by atoms with Gasteiger partial charge in [-0.3, -0.25) is 9.59 Å². The lowest BCUT2D eigenvalue weighted by molar-refractivity contribution is -0.138. The molecular weight excluding hydrogens is 481 g/mol. The Morgan fingerprint density at radius 1 is 0.811 bits per heavy atom. The number of carboxylic acid groups (broad SMARTS) is 1. The molecule has 2 N–H and O–H groups in total. The molecule has 0 unspecified atom stereocenters. The van der Waals surface area contributed by atoms with Crippen LogP contribution in [0.5, 0.6) is 0 Å². The van der Waals surface area contributed by atoms with E-state index in [1.54, 1.807) is 24.3 Å². The van der Waals surface area contributed by atoms with Gasteiger partial charge < -0.3 is 15.3 Å². The van der Waals surface area contributed by atoms with Crippen LogP contribution in [0, 0.1) is 0 Å². The number of carbonyl (C=O) groups is 2. The first kappa shape index (κ1) is 30.2. The summed E-state index contributed by atoms with van der Waals surface area (Å²) in [6.45, 7) is 2.66. The van der Waals surface area contributed by atoms with Crippen LogP contribution in [-0.4, -0.2) is 30.1 Å². The summed E-state index contributed by atoms with van der Waals surface area (Å²) in [6.07, 6.45) is 7.86. The number of hydrogen-bond acceptors (Lipinski definition) is 3. The fourth-order valence-corrected chi connectivity index (χ4v) is 4.16. The van der Waals surface area contributed by atoms with Crippen molar-refractivity contribution >= 4 is 17.6 Å². The Morgan fingerprint density at radius 2 is 1.35 bits per heavy atom. The molecule has 0 heterocycles. The standard InChI is InChI=1S/C29H39F3N2O3/c1-2-3-4-5-6-7-8-9-10-11-20-33-28(37)24-14-12-23(13-15-24)21-34(22-27(35)36)26-18-16-25(17-19-26)29(30,31)32/h12-19H,2-11,20-22H2,1H3,(H,33,37)(H,35,36). The van der Waals surface area contributed by atoms with Crippen molar-refractivity contribution in [3.8, 4) is 0 Å². The molecule has 5 nitrogen and oxygen atoms in total. The number of benzene rings is 2. The van der Waals surface area contributed by atoms with Gasteiger partial charge in [0, 0.05) is 24.3 Å². The van der Waals surface area contributed by atoms with Crippen LogP contribution in [0.25, 0.3) is 0 Å². The minimum atomic E-state index is -4.46. The Labute approximate surface area is 218 Å². The summed E-state index contributed by atoms with van der Waals surface area (Å²) >= 11 is 0. The van der Waals surface area contributed by atoms with Gasteiger partial charge in [-0.05, 0) is 48.4 Å². The van der Waals surface area contributed by atoms with Crippen LogP contribution in [0.1, 0.15) is 92.6 Å². The van der Waals surface area contributed by atoms with Gasteiger partial charge in [-0.1, -0.05) is 76.8 Å². The summed E-state index contributed by atoms with van der Waals surface area (Å²) in [6, 6.07) is 11.2. The van der Waals surface area contributed by atoms with E-state index in [9.17, 15) is 27.9 Å². The molecule has 1 amide bonds. The average molecular weight is 521 g/mol. The molecular formula is C29H39F3N2O3. The predicted octanol–water partition coefficient (Wildman–Crippen LogP) is 7.45. The first-order valence-electron chi connectivity index (χ1n) is 13.2. The fourth-order valence-electron chi connectivity index (χ4n) is 4.16. The molecule has 0 bridgehead atoms. The van der Waals surface area contributed by atoms with Gasteiger partial charge in [0.15, 0.2) is 0 Å². The number of hydrogen-bond donors (Lipinski definition) is 2. The number of unbranched alkanes of at least 4 members (excludes halogenated alkanes) is 9. The molecule has 0 aliphatic rings. The van der Waals surface area contributed by atoms with Crippen LogP contribution in [0.3, 0.4) is 0 Å². The van der Waals surface area contributed by atoms with Crippen LogP contribution in [-0.2, 0) is 17.5 Å². The van der Waals surface area contributed by atoms with E-state index in [-0.39, 0.29) is 19.0 Å². The number of nitrogens with one attached hydrogen (secondary N) is 1. The van der Waals surface area contributed by atoms with Gasteiger partial charge in [0.05, 0.1) is 5.56 Å². The summed E-state index contributed by atoms with van der Waals surface area (Å²) in [5.74, 6) is -1.25. The van der Waals surface area contributed by atoms with E-state index in [0.717, 1.165) is 30.5 Å². The second-order valence-corrected chi connectivity index (χ2v) is 9.43. The van der Waals surface area contributed by atoms with Crippen molar-refractivity contribution in [3.05, 3.63) is 65.2 Å². The van der Waals surface area contributed by atoms with Crippen LogP contribution in [0.15, 0.2) is 48.5 Å². The van der Waals surface area contributed by atoms with E-state index >= 15 is 0 Å². The average Bonchev–Trinajstić information content (AvgIpc) is 2.86. The lowest BCUT2D eigenvalue weighted by atomic mass is 10.1. The van der Waals surface area contributed by atoms with Gasteiger partial charge in [0.1, 0.15) is 6.54 Å². The third-order valence-electron chi connectivity index (χ3n) is 6.29. The van der Waals surface area contributed by atoms with E-state index in [0.29, 0.717) is 17.8 Å². The summed E-state index contributed by atoms with van der Waals surface area (Å²) < 4.78 is 38.5. The third kappa shape index (κ3) is 11.7. The van der Waals surface area contributed by atoms with E-state index in [1.165, 1.54) is 68.4 Å². The monoisotopic (exact) mass is 520 g/mol. The molecule has 0 saturated heterocycles. The number of nitrogens with zero attached hydrogens (tertiary/aromatic N) is 1. The Kier molecular flexibility index (Phi) is 13.0. The van der Waals surface area contributed by atoms with Gasteiger partial charge in [0.2, 0.25) is 0 Å². The van der Waals surface area contributed by atoms with E-state index in [1.807, 2.05) is 0 Å². The molecule has 0 radical (unpaired) electrons. The highest BCUT2D eigenvalue weighted by molar-refractivity contribution is 5.94. The number of amides is 1. The molecule has 2 aromatic carbocycles. The zero-order valence-corrected chi connectivity index (χ0v) is 21.7. The van der Waals surface area contributed by atoms with E-state index in [4.69, 9.17) is 0 Å². The summed E-state index contributed by atoms with van der Waals surface area (Å²) in [5.41, 5.74) is 0.830. The van der Waals surface area contributed by atoms with Crippen LogP contribution in [0.2, 0.25) is 0 Å². The Morgan fingerprint density at radius 3 is 1.86 bits per heavy atom. The number of rotatable bonds is 17. The van der Waals surface area contributed by atoms with Gasteiger partial charge in [0.25, 0.3) is 5.91 Å². The molecule has 8 heteroatoms. The lowest BCUT2D eigenvalue weighted by Crippen LogP contribution is -2.29. The van der Waals surface area contributed by atoms with Crippen LogP contribution < -0.4 is 10.2 Å². The van der Waals surface area contributed by atoms with Crippen molar-refractivity contribution in [2.75, 3.05) is 18.0 Å². The van der Waals surface area contributed by atoms with Crippen molar-refractivity contribution in [1.82, 2.24) is 5.32 Å². The Balaban J connectivity index is 1.78. The van der Waals surface area contributed by atoms with Crippen molar-refractivity contribution in [1.29, 1.82) is 0 Å². The zero-order chi connectivity index (χ0) is 27.1. The topological polar surface area (TPSA) is 69.6 Å². The molecule has 0 saturated carbocycles. The maximum absolute atomic E-state index is 12.8. The number of aliphatic carboxylic acids is 1. The molecule has 0 spiro atoms. The number of alkyl halides is 3. The Hall–Kier alpha value is -3.03. The zero-order valence-electron chi connectivity index (χ0n) is 21.7. The minimum Gasteiger partial charge on any atom is -0.480 e. The summed E-state index contributed by atoms with van der Waals surface area (Å²) in [7, 11) is 0. The maximum Gasteiger partial charge on any atom is 0.416 e. The van der Waals surface area contributed by atoms with E-state index in [2.05, 4.69) is 12.2 Å². The highest BCUT2D eigenvalue weighted by atomic mass is 19.4. The molecule has 0 aliphatic heterocycles. The molecule has 0 fully saturated rings. The van der Waals surface area contributed by atoms with Gasteiger partial charge in [-0.25, -0.2) is 0 Å². The summed E-state index contributed by atoms with van der Waals surface area (Å²) in [4.78, 5) is 25.2. The molecule has 0 atom stereocenters. The predicted molar refractivity (Wildman–Crippen MR) is 141 cm³/mol. The van der Waals surface area contributed by atoms with Crippen molar-refractivity contribution in [3.63, 3.8) is 0 Å². The minimum absolute atomic E-state index is 0.160. The number of carboxylic acids is 1. The van der Waals surface area contributed by atoms with Crippen LogP contribution in [0.4, 0.5) is 18.9 Å². The lowest BCUT2D eigenvalue weighted by Gasteiger charge is -2.23. The molecule has 37 heavy (non-hydrogen) atoms. The highest BCUT2D eigenvalue weighted by Gasteiger charge is 2.30. The second kappa shape index (κ2) is 15.9. The Bertz CT molecular complexity index is 944. The van der Waals surface area contributed by atoms with Crippen LogP contribution >= 0.6 is 0 Å². The fraction of sp³-hybridized carbons (Fsp3) is 0.517. The molecule has 204 valence electrons. The summed E-state index contributed by atoms with van der Waals surface area (Å²) in [5, 5.41) is 12.2. The maximum atomic E-state index is 12.8. The molecule has 0 aliphatic carbocycles. The molecule has 2 rings (SSSR count). The highest BCUT2D eigenvalue weighted by Crippen LogP contribution is 2.30. The van der Waals surface area contributed by atoms with E-state index < -0.39 is 17.7 Å². The largest absolute Gasteiger partial charge is 0.480 e. The van der Waals surface area contributed by atoms with Crippen molar-refractivity contribution < 1.29 is 27.9 Å². The SMILES string of the molecule is CCCCCCCCCCCCNC(=O)c1ccc(CN(CC(=O)O)c2ccc(C(F)(F)F)cc2)cc1. The normalized spacial score (nSPS) is 11.4. The number of halogens is 3. The van der Waals surface area contributed by atoms with Crippen molar-refractivity contribution in [2.24, 2.45) is 0 Å². The molecule has 0 aromatic heterocycles.